The van der Waals surface area contributed by atoms with Crippen LogP contribution in [0.25, 0.3) is 0 Å². The number of carbonyl (C=O) groups excluding carboxylic acids is 2. The standard InChI is InChI=1S/C19H23N7O3S2/c1-24(2)6-7-25(10-13-3-4-16(23-9-13)29-17(21)27)19(28)26(18-22-5-8-31-18)15-12-30-11-14(15)20/h3-5,8-9,11-12H,6-7,10,20H2,1-2H3,(H2,21,27). The molecule has 0 radical (unpaired) electrons. The molecule has 12 heteroatoms. The van der Waals surface area contributed by atoms with E-state index in [1.54, 1.807) is 28.7 Å². The van der Waals surface area contributed by atoms with Crippen LogP contribution >= 0.6 is 22.7 Å². The summed E-state index contributed by atoms with van der Waals surface area (Å²) in [5.41, 5.74) is 13.0. The number of primary amides is 1. The van der Waals surface area contributed by atoms with Gasteiger partial charge in [-0.1, -0.05) is 6.07 Å². The number of pyridine rings is 1. The number of carbonyl (C=O) groups is 2. The van der Waals surface area contributed by atoms with Gasteiger partial charge < -0.3 is 26.0 Å². The van der Waals surface area contributed by atoms with Gasteiger partial charge in [-0.2, -0.15) is 0 Å². The molecule has 0 saturated heterocycles. The second-order valence-electron chi connectivity index (χ2n) is 6.80. The zero-order valence-electron chi connectivity index (χ0n) is 17.1. The maximum atomic E-state index is 13.7. The number of rotatable bonds is 8. The minimum atomic E-state index is -0.935. The van der Waals surface area contributed by atoms with Crippen LogP contribution in [0.5, 0.6) is 5.88 Å². The molecule has 0 aliphatic carbocycles. The van der Waals surface area contributed by atoms with Crippen molar-refractivity contribution in [1.82, 2.24) is 19.8 Å². The quantitative estimate of drug-likeness (QED) is 0.527. The monoisotopic (exact) mass is 461 g/mol. The average molecular weight is 462 g/mol. The SMILES string of the molecule is CN(C)CCN(Cc1ccc(OC(N)=O)nc1)C(=O)N(c1nccs1)c1cscc1N. The van der Waals surface area contributed by atoms with Gasteiger partial charge in [-0.15, -0.1) is 22.7 Å². The molecule has 0 aliphatic heterocycles. The molecular formula is C19H23N7O3S2. The molecule has 0 atom stereocenters. The molecule has 0 aliphatic rings. The third-order valence-corrected chi connectivity index (χ3v) is 5.68. The number of amides is 3. The molecule has 0 saturated carbocycles. The minimum absolute atomic E-state index is 0.0953. The lowest BCUT2D eigenvalue weighted by molar-refractivity contribution is 0.198. The number of nitrogen functional groups attached to an aromatic ring is 1. The first kappa shape index (κ1) is 22.5. The van der Waals surface area contributed by atoms with Crippen LogP contribution in [0.3, 0.4) is 0 Å². The lowest BCUT2D eigenvalue weighted by Gasteiger charge is -2.30. The number of thiazole rings is 1. The van der Waals surface area contributed by atoms with E-state index in [2.05, 4.69) is 9.97 Å². The summed E-state index contributed by atoms with van der Waals surface area (Å²) < 4.78 is 4.76. The fourth-order valence-corrected chi connectivity index (χ4v) is 4.04. The highest BCUT2D eigenvalue weighted by Crippen LogP contribution is 2.35. The van der Waals surface area contributed by atoms with E-state index >= 15 is 0 Å². The van der Waals surface area contributed by atoms with Crippen LogP contribution in [0.4, 0.5) is 26.1 Å². The van der Waals surface area contributed by atoms with Crippen molar-refractivity contribution in [2.45, 2.75) is 6.54 Å². The van der Waals surface area contributed by atoms with Crippen LogP contribution in [-0.2, 0) is 6.54 Å². The van der Waals surface area contributed by atoms with E-state index in [0.717, 1.165) is 5.56 Å². The fraction of sp³-hybridized carbons (Fsp3) is 0.263. The highest BCUT2D eigenvalue weighted by Gasteiger charge is 2.28. The Labute approximate surface area is 187 Å². The molecule has 3 aromatic rings. The molecule has 4 N–H and O–H groups in total. The van der Waals surface area contributed by atoms with E-state index in [9.17, 15) is 9.59 Å². The molecule has 164 valence electrons. The molecule has 0 bridgehead atoms. The zero-order valence-corrected chi connectivity index (χ0v) is 18.7. The molecule has 0 aromatic carbocycles. The summed E-state index contributed by atoms with van der Waals surface area (Å²) in [5, 5.41) is 5.96. The van der Waals surface area contributed by atoms with Gasteiger partial charge in [-0.25, -0.2) is 24.5 Å². The van der Waals surface area contributed by atoms with Gasteiger partial charge >= 0.3 is 12.1 Å². The molecule has 3 rings (SSSR count). The molecule has 3 amide bonds. The van der Waals surface area contributed by atoms with Crippen molar-refractivity contribution in [2.75, 3.05) is 37.8 Å². The van der Waals surface area contributed by atoms with Crippen molar-refractivity contribution in [1.29, 1.82) is 0 Å². The third kappa shape index (κ3) is 5.90. The smallest absolute Gasteiger partial charge is 0.396 e. The van der Waals surface area contributed by atoms with Crippen molar-refractivity contribution >= 4 is 51.3 Å². The molecule has 0 fully saturated rings. The van der Waals surface area contributed by atoms with Gasteiger partial charge in [0, 0.05) is 54.2 Å². The van der Waals surface area contributed by atoms with Crippen LogP contribution in [0, 0.1) is 0 Å². The fourth-order valence-electron chi connectivity index (χ4n) is 2.69. The Morgan fingerprint density at radius 2 is 1.97 bits per heavy atom. The van der Waals surface area contributed by atoms with Crippen LogP contribution in [0.15, 0.2) is 40.7 Å². The first-order chi connectivity index (χ1) is 14.8. The number of likely N-dealkylation sites (N-methyl/N-ethyl adjacent to an activating group) is 1. The predicted octanol–water partition coefficient (Wildman–Crippen LogP) is 2.96. The summed E-state index contributed by atoms with van der Waals surface area (Å²) in [5.74, 6) is 0.0953. The maximum Gasteiger partial charge on any atom is 0.411 e. The Balaban J connectivity index is 1.88. The number of nitrogens with two attached hydrogens (primary N) is 2. The van der Waals surface area contributed by atoms with E-state index in [1.165, 1.54) is 33.6 Å². The van der Waals surface area contributed by atoms with Gasteiger partial charge in [0.05, 0.1) is 11.4 Å². The zero-order chi connectivity index (χ0) is 22.4. The molecule has 31 heavy (non-hydrogen) atoms. The molecule has 3 heterocycles. The number of hydrogen-bond donors (Lipinski definition) is 2. The number of anilines is 3. The largest absolute Gasteiger partial charge is 0.411 e. The predicted molar refractivity (Wildman–Crippen MR) is 122 cm³/mol. The number of hydrogen-bond acceptors (Lipinski definition) is 9. The van der Waals surface area contributed by atoms with Gasteiger partial charge in [-0.3, -0.25) is 0 Å². The van der Waals surface area contributed by atoms with Crippen molar-refractivity contribution in [3.05, 3.63) is 46.2 Å². The number of thiophene rings is 1. The van der Waals surface area contributed by atoms with Crippen molar-refractivity contribution in [3.63, 3.8) is 0 Å². The van der Waals surface area contributed by atoms with E-state index in [1.807, 2.05) is 29.8 Å². The molecular weight excluding hydrogens is 438 g/mol. The van der Waals surface area contributed by atoms with Gasteiger partial charge in [-0.05, 0) is 19.7 Å². The van der Waals surface area contributed by atoms with Crippen LogP contribution in [0.2, 0.25) is 0 Å². The second-order valence-corrected chi connectivity index (χ2v) is 8.41. The Hall–Kier alpha value is -3.22. The van der Waals surface area contributed by atoms with Crippen molar-refractivity contribution < 1.29 is 14.3 Å². The van der Waals surface area contributed by atoms with E-state index < -0.39 is 6.09 Å². The Morgan fingerprint density at radius 3 is 2.52 bits per heavy atom. The van der Waals surface area contributed by atoms with Crippen LogP contribution < -0.4 is 21.1 Å². The summed E-state index contributed by atoms with van der Waals surface area (Å²) >= 11 is 2.77. The Kier molecular flexibility index (Phi) is 7.39. The summed E-state index contributed by atoms with van der Waals surface area (Å²) in [4.78, 5) is 38.2. The summed E-state index contributed by atoms with van der Waals surface area (Å²) in [6, 6.07) is 3.01. The number of nitrogens with zero attached hydrogens (tertiary/aromatic N) is 5. The number of ether oxygens (including phenoxy) is 1. The Bertz CT molecular complexity index is 1010. The maximum absolute atomic E-state index is 13.7. The van der Waals surface area contributed by atoms with Crippen LogP contribution in [-0.4, -0.2) is 59.1 Å². The number of aromatic nitrogens is 2. The highest BCUT2D eigenvalue weighted by atomic mass is 32.1. The first-order valence-electron chi connectivity index (χ1n) is 9.22. The lowest BCUT2D eigenvalue weighted by Crippen LogP contribution is -2.43. The normalized spacial score (nSPS) is 10.8. The molecule has 0 spiro atoms. The topological polar surface area (TPSA) is 131 Å². The average Bonchev–Trinajstić information content (AvgIpc) is 3.39. The van der Waals surface area contributed by atoms with Gasteiger partial charge in [0.15, 0.2) is 5.13 Å². The molecule has 0 unspecified atom stereocenters. The van der Waals surface area contributed by atoms with Gasteiger partial charge in [0.25, 0.3) is 0 Å². The van der Waals surface area contributed by atoms with Gasteiger partial charge in [0.2, 0.25) is 5.88 Å². The van der Waals surface area contributed by atoms with E-state index in [4.69, 9.17) is 16.2 Å². The highest BCUT2D eigenvalue weighted by molar-refractivity contribution is 7.14. The van der Waals surface area contributed by atoms with Crippen molar-refractivity contribution in [2.24, 2.45) is 5.73 Å². The second kappa shape index (κ2) is 10.2. The van der Waals surface area contributed by atoms with E-state index in [-0.39, 0.29) is 11.9 Å². The summed E-state index contributed by atoms with van der Waals surface area (Å²) in [6.45, 7) is 1.42. The molecule has 3 aromatic heterocycles. The van der Waals surface area contributed by atoms with Crippen molar-refractivity contribution in [3.8, 4) is 5.88 Å². The third-order valence-electron chi connectivity index (χ3n) is 4.18. The summed E-state index contributed by atoms with van der Waals surface area (Å²) in [6.07, 6.45) is 2.26. The summed E-state index contributed by atoms with van der Waals surface area (Å²) in [7, 11) is 3.88. The minimum Gasteiger partial charge on any atom is -0.396 e. The molecule has 10 nitrogen and oxygen atoms in total. The lowest BCUT2D eigenvalue weighted by atomic mass is 10.2. The van der Waals surface area contributed by atoms with Gasteiger partial charge in [0.1, 0.15) is 0 Å². The Morgan fingerprint density at radius 1 is 1.16 bits per heavy atom. The van der Waals surface area contributed by atoms with Crippen LogP contribution in [0.1, 0.15) is 5.56 Å². The number of urea groups is 1. The van der Waals surface area contributed by atoms with E-state index in [0.29, 0.717) is 36.1 Å². The first-order valence-corrected chi connectivity index (χ1v) is 11.0.